The summed E-state index contributed by atoms with van der Waals surface area (Å²) in [5, 5.41) is 13.3. The number of hydrogen-bond acceptors (Lipinski definition) is 12. The van der Waals surface area contributed by atoms with Gasteiger partial charge in [0.1, 0.15) is 12.3 Å². The van der Waals surface area contributed by atoms with Crippen LogP contribution in [0.5, 0.6) is 0 Å². The monoisotopic (exact) mass is 573 g/mol. The van der Waals surface area contributed by atoms with Gasteiger partial charge in [0.2, 0.25) is 0 Å². The molecule has 0 bridgehead atoms. The Morgan fingerprint density at radius 2 is 1.83 bits per heavy atom. The van der Waals surface area contributed by atoms with Crippen molar-refractivity contribution < 1.29 is 56.3 Å². The van der Waals surface area contributed by atoms with Crippen LogP contribution >= 0.6 is 35.2 Å². The fourth-order valence-corrected chi connectivity index (χ4v) is 7.24. The van der Waals surface area contributed by atoms with Gasteiger partial charge in [-0.1, -0.05) is 23.9 Å². The number of phosphoric acid groups is 3. The number of nitrogens with zero attached hydrogens (tertiary/aromatic N) is 2. The first-order chi connectivity index (χ1) is 16.2. The van der Waals surface area contributed by atoms with Gasteiger partial charge < -0.3 is 34.7 Å². The second-order valence-corrected chi connectivity index (χ2v) is 12.7. The fourth-order valence-electron chi connectivity index (χ4n) is 3.23. The lowest BCUT2D eigenvalue weighted by atomic mass is 10.2. The molecule has 6 N–H and O–H groups in total. The number of phosphoric ester groups is 1. The van der Waals surface area contributed by atoms with E-state index < -0.39 is 54.2 Å². The first kappa shape index (κ1) is 26.6. The molecule has 16 nitrogen and oxygen atoms in total. The van der Waals surface area contributed by atoms with Crippen LogP contribution < -0.4 is 11.0 Å². The van der Waals surface area contributed by atoms with Crippen molar-refractivity contribution in [3.63, 3.8) is 0 Å². The van der Waals surface area contributed by atoms with Crippen molar-refractivity contribution >= 4 is 46.7 Å². The molecule has 2 aliphatic heterocycles. The van der Waals surface area contributed by atoms with E-state index in [1.54, 1.807) is 0 Å². The predicted octanol–water partition coefficient (Wildman–Crippen LogP) is 1.44. The minimum absolute atomic E-state index is 0.126. The Morgan fingerprint density at radius 3 is 2.54 bits per heavy atom. The molecule has 0 aliphatic carbocycles. The van der Waals surface area contributed by atoms with E-state index in [4.69, 9.17) is 14.5 Å². The van der Waals surface area contributed by atoms with E-state index >= 15 is 0 Å². The number of hydrogen-bond donors (Lipinski definition) is 6. The van der Waals surface area contributed by atoms with Crippen LogP contribution in [0, 0.1) is 0 Å². The highest BCUT2D eigenvalue weighted by molar-refractivity contribution is 7.99. The van der Waals surface area contributed by atoms with Gasteiger partial charge in [-0.05, 0) is 12.1 Å². The summed E-state index contributed by atoms with van der Waals surface area (Å²) >= 11 is 1.36. The van der Waals surface area contributed by atoms with Gasteiger partial charge in [-0.2, -0.15) is 13.6 Å². The van der Waals surface area contributed by atoms with E-state index in [0.717, 1.165) is 15.1 Å². The third-order valence-corrected chi connectivity index (χ3v) is 9.51. The minimum atomic E-state index is -5.68. The average molecular weight is 573 g/mol. The highest BCUT2D eigenvalue weighted by Crippen LogP contribution is 2.66. The van der Waals surface area contributed by atoms with Gasteiger partial charge in [-0.15, -0.1) is 0 Å². The lowest BCUT2D eigenvalue weighted by Gasteiger charge is -2.22. The Morgan fingerprint density at radius 1 is 1.11 bits per heavy atom. The highest BCUT2D eigenvalue weighted by atomic mass is 32.2. The third-order valence-electron chi connectivity index (χ3n) is 4.61. The largest absolute Gasteiger partial charge is 0.490 e. The molecule has 1 saturated heterocycles. The number of aliphatic hydroxyl groups is 1. The number of para-hydroxylation sites is 1. The molecule has 2 aliphatic rings. The molecule has 0 amide bonds. The van der Waals surface area contributed by atoms with Crippen molar-refractivity contribution in [3.8, 4) is 0 Å². The number of benzene rings is 1. The van der Waals surface area contributed by atoms with Crippen molar-refractivity contribution in [3.05, 3.63) is 40.9 Å². The number of nitrogens with one attached hydrogen (secondary N) is 1. The van der Waals surface area contributed by atoms with Gasteiger partial charge in [0.15, 0.2) is 5.82 Å². The lowest BCUT2D eigenvalue weighted by molar-refractivity contribution is -0.0451. The van der Waals surface area contributed by atoms with Gasteiger partial charge in [0.25, 0.3) is 0 Å². The lowest BCUT2D eigenvalue weighted by Crippen LogP contribution is -2.29. The van der Waals surface area contributed by atoms with E-state index in [1.807, 2.05) is 24.3 Å². The van der Waals surface area contributed by atoms with Crippen LogP contribution in [0.15, 0.2) is 45.0 Å². The normalized spacial score (nSPS) is 25.1. The molecule has 35 heavy (non-hydrogen) atoms. The number of ether oxygens (including phenoxy) is 1. The smallest absolute Gasteiger partial charge is 0.390 e. The summed E-state index contributed by atoms with van der Waals surface area (Å²) in [7, 11) is -16.6. The standard InChI is InChI=1S/C15H18N3O13P3S/c19-9-5-13(29-10(9)7-28-33(24,25)31-34(26,27)30-32(21,22)23)18-6-12-14(17-15(18)20)16-8-3-1-2-4-11(8)35-12/h1-4,6,9-10,13,19H,5,7H2,(H,24,25)(H,26,27)(H,16,17,20)(H2,21,22,23)/t9-,10+,13+/m0/s1. The quantitative estimate of drug-likeness (QED) is 0.209. The molecule has 0 spiro atoms. The summed E-state index contributed by atoms with van der Waals surface area (Å²) in [5.74, 6) is 0.345. The van der Waals surface area contributed by atoms with Crippen molar-refractivity contribution in [2.24, 2.45) is 0 Å². The Balaban J connectivity index is 1.42. The van der Waals surface area contributed by atoms with E-state index in [-0.39, 0.29) is 6.42 Å². The molecule has 0 radical (unpaired) electrons. The number of rotatable bonds is 8. The molecule has 4 rings (SSSR count). The Bertz CT molecular complexity index is 1330. The molecule has 1 aromatic heterocycles. The van der Waals surface area contributed by atoms with Crippen LogP contribution in [0.2, 0.25) is 0 Å². The van der Waals surface area contributed by atoms with Crippen molar-refractivity contribution in [2.75, 3.05) is 11.9 Å². The van der Waals surface area contributed by atoms with E-state index in [1.165, 1.54) is 18.0 Å². The molecule has 192 valence electrons. The summed E-state index contributed by atoms with van der Waals surface area (Å²) in [6.45, 7) is -0.849. The van der Waals surface area contributed by atoms with Crippen molar-refractivity contribution in [1.82, 2.24) is 9.55 Å². The molecular formula is C15H18N3O13P3S. The van der Waals surface area contributed by atoms with Crippen molar-refractivity contribution in [1.29, 1.82) is 0 Å². The molecule has 2 aromatic rings. The number of aliphatic hydroxyl groups excluding tert-OH is 1. The second-order valence-electron chi connectivity index (χ2n) is 7.19. The number of aromatic nitrogens is 2. The van der Waals surface area contributed by atoms with Crippen LogP contribution in [0.4, 0.5) is 11.5 Å². The molecule has 3 heterocycles. The van der Waals surface area contributed by atoms with E-state index in [2.05, 4.69) is 23.4 Å². The van der Waals surface area contributed by atoms with Crippen LogP contribution in [0.1, 0.15) is 12.6 Å². The van der Waals surface area contributed by atoms with Gasteiger partial charge in [-0.25, -0.2) is 18.5 Å². The summed E-state index contributed by atoms with van der Waals surface area (Å²) in [4.78, 5) is 53.9. The van der Waals surface area contributed by atoms with Crippen molar-refractivity contribution in [2.45, 2.75) is 34.6 Å². The summed E-state index contributed by atoms with van der Waals surface area (Å²) in [5.41, 5.74) is 0.0932. The van der Waals surface area contributed by atoms with Gasteiger partial charge in [-0.3, -0.25) is 9.09 Å². The Labute approximate surface area is 200 Å². The van der Waals surface area contributed by atoms with Gasteiger partial charge in [0, 0.05) is 17.5 Å². The summed E-state index contributed by atoms with van der Waals surface area (Å²) in [6.07, 6.45) is -2.23. The van der Waals surface area contributed by atoms with Crippen LogP contribution in [-0.4, -0.2) is 53.0 Å². The minimum Gasteiger partial charge on any atom is -0.390 e. The number of fused-ring (bicyclic) bond motifs is 2. The highest BCUT2D eigenvalue weighted by Gasteiger charge is 2.43. The van der Waals surface area contributed by atoms with Crippen LogP contribution in [0.25, 0.3) is 0 Å². The summed E-state index contributed by atoms with van der Waals surface area (Å²) < 4.78 is 52.4. The molecule has 0 saturated carbocycles. The zero-order valence-corrected chi connectivity index (χ0v) is 20.7. The van der Waals surface area contributed by atoms with Gasteiger partial charge in [0.05, 0.1) is 23.3 Å². The van der Waals surface area contributed by atoms with Crippen LogP contribution in [0.3, 0.4) is 0 Å². The predicted molar refractivity (Wildman–Crippen MR) is 117 cm³/mol. The SMILES string of the molecule is O=c1nc2c(cn1[C@H]1C[C@H](O)[C@@H](COP(=O)(O)OP(=O)(O)OP(=O)(O)O)O1)Sc1ccccc1N2. The first-order valence-corrected chi connectivity index (χ1v) is 14.8. The molecular weight excluding hydrogens is 555 g/mol. The topological polar surface area (TPSA) is 236 Å². The second kappa shape index (κ2) is 9.80. The maximum absolute atomic E-state index is 12.6. The first-order valence-electron chi connectivity index (χ1n) is 9.50. The molecule has 20 heteroatoms. The Kier molecular flexibility index (Phi) is 7.46. The van der Waals surface area contributed by atoms with E-state index in [9.17, 15) is 33.4 Å². The van der Waals surface area contributed by atoms with Crippen LogP contribution in [-0.2, 0) is 31.6 Å². The fraction of sp³-hybridized carbons (Fsp3) is 0.333. The zero-order chi connectivity index (χ0) is 25.6. The average Bonchev–Trinajstić information content (AvgIpc) is 3.08. The molecule has 1 fully saturated rings. The maximum Gasteiger partial charge on any atom is 0.490 e. The number of anilines is 2. The molecule has 2 unspecified atom stereocenters. The third kappa shape index (κ3) is 6.67. The zero-order valence-electron chi connectivity index (χ0n) is 17.2. The Hall–Kier alpha value is -1.42. The van der Waals surface area contributed by atoms with Gasteiger partial charge >= 0.3 is 29.2 Å². The van der Waals surface area contributed by atoms with E-state index in [0.29, 0.717) is 10.7 Å². The maximum atomic E-state index is 12.6. The summed E-state index contributed by atoms with van der Waals surface area (Å²) in [6, 6.07) is 7.38. The molecule has 5 atom stereocenters. The molecule has 1 aromatic carbocycles.